The minimum absolute atomic E-state index is 0.00190. The van der Waals surface area contributed by atoms with Gasteiger partial charge in [0, 0.05) is 25.2 Å². The van der Waals surface area contributed by atoms with E-state index in [4.69, 9.17) is 0 Å². The van der Waals surface area contributed by atoms with Crippen molar-refractivity contribution in [2.75, 3.05) is 6.54 Å². The second-order valence-corrected chi connectivity index (χ2v) is 8.44. The van der Waals surface area contributed by atoms with E-state index in [1.54, 1.807) is 0 Å². The lowest BCUT2D eigenvalue weighted by Crippen LogP contribution is -2.47. The second-order valence-electron chi connectivity index (χ2n) is 8.44. The molecule has 6 heteroatoms. The molecule has 2 saturated carbocycles. The van der Waals surface area contributed by atoms with Gasteiger partial charge < -0.3 is 10.6 Å². The fraction of sp³-hybridized carbons (Fsp3) is 0.667. The minimum Gasteiger partial charge on any atom is -0.338 e. The largest absolute Gasteiger partial charge is 0.338 e. The summed E-state index contributed by atoms with van der Waals surface area (Å²) in [5.74, 6) is 1.00. The molecule has 4 rings (SSSR count). The molecule has 2 aromatic heterocycles. The van der Waals surface area contributed by atoms with Gasteiger partial charge in [0.15, 0.2) is 5.65 Å². The van der Waals surface area contributed by atoms with Crippen molar-refractivity contribution < 1.29 is 4.79 Å². The summed E-state index contributed by atoms with van der Waals surface area (Å²) in [6.45, 7) is 0.716. The van der Waals surface area contributed by atoms with Crippen molar-refractivity contribution in [3.05, 3.63) is 30.2 Å². The van der Waals surface area contributed by atoms with Gasteiger partial charge in [-0.3, -0.25) is 4.40 Å². The van der Waals surface area contributed by atoms with Crippen LogP contribution in [-0.2, 0) is 6.42 Å². The molecule has 2 aromatic rings. The lowest BCUT2D eigenvalue weighted by molar-refractivity contribution is 0.173. The molecule has 6 nitrogen and oxygen atoms in total. The van der Waals surface area contributed by atoms with E-state index in [-0.39, 0.29) is 11.4 Å². The SMILES string of the molecule is O=C(NCC1(Cc2nnc3ccccn23)CCCCC1)NC1CCCCC1. The summed E-state index contributed by atoms with van der Waals surface area (Å²) in [5.41, 5.74) is 0.975. The molecule has 2 aliphatic carbocycles. The quantitative estimate of drug-likeness (QED) is 0.841. The topological polar surface area (TPSA) is 71.3 Å². The first kappa shape index (κ1) is 18.3. The van der Waals surface area contributed by atoms with Crippen molar-refractivity contribution in [2.24, 2.45) is 5.41 Å². The van der Waals surface area contributed by atoms with Crippen LogP contribution in [0.5, 0.6) is 0 Å². The first-order valence-electron chi connectivity index (χ1n) is 10.6. The maximum atomic E-state index is 12.5. The number of aromatic nitrogens is 3. The average Bonchev–Trinajstić information content (AvgIpc) is 3.11. The van der Waals surface area contributed by atoms with Crippen LogP contribution in [0.25, 0.3) is 5.65 Å². The molecule has 2 aliphatic rings. The Morgan fingerprint density at radius 3 is 2.67 bits per heavy atom. The van der Waals surface area contributed by atoms with Crippen LogP contribution in [0.4, 0.5) is 4.79 Å². The van der Waals surface area contributed by atoms with E-state index < -0.39 is 0 Å². The molecule has 2 heterocycles. The lowest BCUT2D eigenvalue weighted by Gasteiger charge is -2.37. The van der Waals surface area contributed by atoms with Crippen molar-refractivity contribution >= 4 is 11.7 Å². The van der Waals surface area contributed by atoms with Gasteiger partial charge in [-0.1, -0.05) is 44.6 Å². The Labute approximate surface area is 161 Å². The number of fused-ring (bicyclic) bond motifs is 1. The number of pyridine rings is 1. The molecule has 0 bridgehead atoms. The van der Waals surface area contributed by atoms with Crippen LogP contribution in [0.3, 0.4) is 0 Å². The summed E-state index contributed by atoms with van der Waals surface area (Å²) in [7, 11) is 0. The molecule has 0 atom stereocenters. The van der Waals surface area contributed by atoms with E-state index >= 15 is 0 Å². The molecule has 0 aliphatic heterocycles. The number of carbonyl (C=O) groups excluding carboxylic acids is 1. The fourth-order valence-electron chi connectivity index (χ4n) is 4.82. The van der Waals surface area contributed by atoms with Crippen LogP contribution >= 0.6 is 0 Å². The number of nitrogens with zero attached hydrogens (tertiary/aromatic N) is 3. The third-order valence-corrected chi connectivity index (χ3v) is 6.40. The summed E-state index contributed by atoms with van der Waals surface area (Å²) >= 11 is 0. The summed E-state index contributed by atoms with van der Waals surface area (Å²) in [6.07, 6.45) is 14.9. The van der Waals surface area contributed by atoms with Crippen LogP contribution in [0.2, 0.25) is 0 Å². The standard InChI is InChI=1S/C21H31N5O/c27-20(23-17-9-3-1-4-10-17)22-16-21(12-6-2-7-13-21)15-19-25-24-18-11-5-8-14-26(18)19/h5,8,11,14,17H,1-4,6-7,9-10,12-13,15-16H2,(H2,22,23,27). The molecule has 2 amide bonds. The normalized spacial score (nSPS) is 20.4. The number of amides is 2. The highest BCUT2D eigenvalue weighted by Crippen LogP contribution is 2.38. The Morgan fingerprint density at radius 2 is 1.85 bits per heavy atom. The zero-order valence-electron chi connectivity index (χ0n) is 16.1. The van der Waals surface area contributed by atoms with Crippen LogP contribution < -0.4 is 10.6 Å². The maximum absolute atomic E-state index is 12.5. The van der Waals surface area contributed by atoms with Gasteiger partial charge in [0.1, 0.15) is 5.82 Å². The summed E-state index contributed by atoms with van der Waals surface area (Å²) in [6, 6.07) is 6.34. The first-order chi connectivity index (χ1) is 13.2. The van der Waals surface area contributed by atoms with Crippen LogP contribution in [0, 0.1) is 5.41 Å². The fourth-order valence-corrected chi connectivity index (χ4v) is 4.82. The lowest BCUT2D eigenvalue weighted by atomic mass is 9.71. The molecular weight excluding hydrogens is 338 g/mol. The highest BCUT2D eigenvalue weighted by Gasteiger charge is 2.34. The average molecular weight is 370 g/mol. The van der Waals surface area contributed by atoms with Crippen molar-refractivity contribution in [2.45, 2.75) is 76.7 Å². The highest BCUT2D eigenvalue weighted by atomic mass is 16.2. The van der Waals surface area contributed by atoms with Crippen LogP contribution in [-0.4, -0.2) is 33.2 Å². The Morgan fingerprint density at radius 1 is 1.07 bits per heavy atom. The predicted molar refractivity (Wildman–Crippen MR) is 106 cm³/mol. The minimum atomic E-state index is -0.00190. The van der Waals surface area contributed by atoms with Crippen molar-refractivity contribution in [3.63, 3.8) is 0 Å². The van der Waals surface area contributed by atoms with Gasteiger partial charge in [0.05, 0.1) is 0 Å². The van der Waals surface area contributed by atoms with E-state index in [2.05, 4.69) is 25.2 Å². The number of nitrogens with one attached hydrogen (secondary N) is 2. The van der Waals surface area contributed by atoms with Crippen molar-refractivity contribution in [1.29, 1.82) is 0 Å². The smallest absolute Gasteiger partial charge is 0.315 e. The summed E-state index contributed by atoms with van der Waals surface area (Å²) in [4.78, 5) is 12.5. The van der Waals surface area contributed by atoms with Gasteiger partial charge in [-0.15, -0.1) is 10.2 Å². The van der Waals surface area contributed by atoms with E-state index in [1.807, 2.05) is 24.4 Å². The van der Waals surface area contributed by atoms with Gasteiger partial charge in [-0.05, 0) is 43.2 Å². The van der Waals surface area contributed by atoms with E-state index in [9.17, 15) is 4.79 Å². The molecule has 2 N–H and O–H groups in total. The Hall–Kier alpha value is -2.11. The number of urea groups is 1. The molecule has 0 spiro atoms. The molecule has 146 valence electrons. The monoisotopic (exact) mass is 369 g/mol. The molecule has 0 saturated heterocycles. The number of hydrogen-bond acceptors (Lipinski definition) is 3. The molecule has 27 heavy (non-hydrogen) atoms. The third-order valence-electron chi connectivity index (χ3n) is 6.40. The van der Waals surface area contributed by atoms with Gasteiger partial charge in [0.2, 0.25) is 0 Å². The highest BCUT2D eigenvalue weighted by molar-refractivity contribution is 5.74. The zero-order valence-corrected chi connectivity index (χ0v) is 16.1. The van der Waals surface area contributed by atoms with Crippen molar-refractivity contribution in [3.8, 4) is 0 Å². The predicted octanol–water partition coefficient (Wildman–Crippen LogP) is 3.85. The molecule has 0 aromatic carbocycles. The zero-order chi connectivity index (χ0) is 18.5. The Bertz CT molecular complexity index is 759. The van der Waals surface area contributed by atoms with Gasteiger partial charge in [-0.2, -0.15) is 0 Å². The summed E-state index contributed by atoms with van der Waals surface area (Å²) < 4.78 is 2.08. The molecule has 0 radical (unpaired) electrons. The Kier molecular flexibility index (Phi) is 5.60. The number of hydrogen-bond donors (Lipinski definition) is 2. The molecule has 2 fully saturated rings. The second kappa shape index (κ2) is 8.28. The number of rotatable bonds is 5. The van der Waals surface area contributed by atoms with Gasteiger partial charge in [0.25, 0.3) is 0 Å². The van der Waals surface area contributed by atoms with E-state index in [0.717, 1.165) is 43.6 Å². The van der Waals surface area contributed by atoms with Gasteiger partial charge in [-0.25, -0.2) is 4.79 Å². The first-order valence-corrected chi connectivity index (χ1v) is 10.6. The van der Waals surface area contributed by atoms with Crippen LogP contribution in [0.15, 0.2) is 24.4 Å². The van der Waals surface area contributed by atoms with E-state index in [1.165, 1.54) is 38.5 Å². The van der Waals surface area contributed by atoms with Crippen molar-refractivity contribution in [1.82, 2.24) is 25.2 Å². The maximum Gasteiger partial charge on any atom is 0.315 e. The van der Waals surface area contributed by atoms with Crippen LogP contribution in [0.1, 0.15) is 70.0 Å². The van der Waals surface area contributed by atoms with Gasteiger partial charge >= 0.3 is 6.03 Å². The molecule has 0 unspecified atom stereocenters. The van der Waals surface area contributed by atoms with E-state index in [0.29, 0.717) is 12.6 Å². The summed E-state index contributed by atoms with van der Waals surface area (Å²) in [5, 5.41) is 15.1. The third kappa shape index (κ3) is 4.42. The molecular formula is C21H31N5O. The Balaban J connectivity index is 1.41. The number of carbonyl (C=O) groups is 1.